The van der Waals surface area contributed by atoms with Crippen LogP contribution in [0.1, 0.15) is 35.4 Å². The molecule has 0 radical (unpaired) electrons. The lowest BCUT2D eigenvalue weighted by atomic mass is 9.90. The molecule has 4 rings (SSSR count). The summed E-state index contributed by atoms with van der Waals surface area (Å²) in [5.41, 5.74) is 3.92. The maximum atomic E-state index is 10.6. The van der Waals surface area contributed by atoms with E-state index in [0.29, 0.717) is 19.8 Å². The molecule has 1 aliphatic rings. The molecule has 1 saturated heterocycles. The zero-order valence-corrected chi connectivity index (χ0v) is 18.9. The van der Waals surface area contributed by atoms with Gasteiger partial charge in [-0.05, 0) is 55.0 Å². The maximum Gasteiger partial charge on any atom is 0.0900 e. The van der Waals surface area contributed by atoms with Crippen LogP contribution in [0, 0.1) is 5.92 Å². The third-order valence-electron chi connectivity index (χ3n) is 6.54. The molecule has 3 nitrogen and oxygen atoms in total. The molecule has 0 unspecified atom stereocenters. The van der Waals surface area contributed by atoms with Gasteiger partial charge in [-0.2, -0.15) is 0 Å². The van der Waals surface area contributed by atoms with E-state index in [1.54, 1.807) is 0 Å². The van der Waals surface area contributed by atoms with Gasteiger partial charge in [0.25, 0.3) is 0 Å². The van der Waals surface area contributed by atoms with Crippen molar-refractivity contribution in [2.24, 2.45) is 5.92 Å². The van der Waals surface area contributed by atoms with E-state index in [1.165, 1.54) is 36.0 Å². The number of nitrogens with zero attached hydrogens (tertiary/aromatic N) is 1. The minimum Gasteiger partial charge on any atom is -0.389 e. The summed E-state index contributed by atoms with van der Waals surface area (Å²) in [6, 6.07) is 31.8. The van der Waals surface area contributed by atoms with Crippen molar-refractivity contribution in [1.82, 2.24) is 4.90 Å². The Morgan fingerprint density at radius 2 is 1.28 bits per heavy atom. The van der Waals surface area contributed by atoms with Crippen LogP contribution in [0.15, 0.2) is 91.0 Å². The van der Waals surface area contributed by atoms with Gasteiger partial charge in [0.05, 0.1) is 19.3 Å². The highest BCUT2D eigenvalue weighted by Gasteiger charge is 2.22. The van der Waals surface area contributed by atoms with Crippen molar-refractivity contribution in [2.45, 2.75) is 31.3 Å². The monoisotopic (exact) mass is 429 g/mol. The van der Waals surface area contributed by atoms with Crippen LogP contribution in [0.3, 0.4) is 0 Å². The Bertz CT molecular complexity index is 853. The molecule has 32 heavy (non-hydrogen) atoms. The summed E-state index contributed by atoms with van der Waals surface area (Å²) in [7, 11) is 0. The Morgan fingerprint density at radius 3 is 1.84 bits per heavy atom. The van der Waals surface area contributed by atoms with Crippen LogP contribution in [0.5, 0.6) is 0 Å². The second-order valence-electron chi connectivity index (χ2n) is 9.00. The first-order chi connectivity index (χ1) is 15.8. The van der Waals surface area contributed by atoms with Crippen LogP contribution in [0.25, 0.3) is 0 Å². The van der Waals surface area contributed by atoms with Gasteiger partial charge in [0.1, 0.15) is 0 Å². The molecule has 168 valence electrons. The zero-order valence-electron chi connectivity index (χ0n) is 18.9. The molecule has 0 aromatic heterocycles. The molecule has 0 amide bonds. The molecule has 1 N–H and O–H groups in total. The van der Waals surface area contributed by atoms with Gasteiger partial charge in [0, 0.05) is 12.5 Å². The summed E-state index contributed by atoms with van der Waals surface area (Å²) in [6.45, 7) is 3.76. The summed E-state index contributed by atoms with van der Waals surface area (Å²) in [4.78, 5) is 2.39. The topological polar surface area (TPSA) is 32.7 Å². The Hall–Kier alpha value is -2.46. The van der Waals surface area contributed by atoms with Gasteiger partial charge < -0.3 is 14.7 Å². The van der Waals surface area contributed by atoms with Crippen molar-refractivity contribution < 1.29 is 9.84 Å². The van der Waals surface area contributed by atoms with Crippen molar-refractivity contribution in [1.29, 1.82) is 0 Å². The molecule has 0 saturated carbocycles. The maximum absolute atomic E-state index is 10.6. The first-order valence-electron chi connectivity index (χ1n) is 11.9. The molecular formula is C29H35NO2. The van der Waals surface area contributed by atoms with Crippen molar-refractivity contribution >= 4 is 0 Å². The van der Waals surface area contributed by atoms with Crippen molar-refractivity contribution in [3.8, 4) is 0 Å². The van der Waals surface area contributed by atoms with Gasteiger partial charge in [-0.1, -0.05) is 91.0 Å². The summed E-state index contributed by atoms with van der Waals surface area (Å²) < 4.78 is 6.03. The SMILES string of the molecule is O[C@H](COCC(c1ccccc1)c1ccccc1)CN1CCC(Cc2ccccc2)CC1. The van der Waals surface area contributed by atoms with Gasteiger partial charge in [-0.3, -0.25) is 0 Å². The standard InChI is InChI=1S/C29H35NO2/c31-28(21-30-18-16-25(17-19-30)20-24-10-4-1-5-11-24)22-32-23-29(26-12-6-2-7-13-26)27-14-8-3-9-15-27/h1-15,25,28-29,31H,16-23H2/t28-/m0/s1. The van der Waals surface area contributed by atoms with E-state index in [4.69, 9.17) is 4.74 Å². The second kappa shape index (κ2) is 12.0. The fourth-order valence-corrected chi connectivity index (χ4v) is 4.75. The van der Waals surface area contributed by atoms with Gasteiger partial charge in [0.2, 0.25) is 0 Å². The van der Waals surface area contributed by atoms with Crippen LogP contribution in [-0.2, 0) is 11.2 Å². The first kappa shape index (κ1) is 22.7. The Morgan fingerprint density at radius 1 is 0.750 bits per heavy atom. The Balaban J connectivity index is 1.21. The average Bonchev–Trinajstić information content (AvgIpc) is 2.85. The highest BCUT2D eigenvalue weighted by Crippen LogP contribution is 2.25. The number of hydrogen-bond acceptors (Lipinski definition) is 3. The van der Waals surface area contributed by atoms with Gasteiger partial charge in [0.15, 0.2) is 0 Å². The van der Waals surface area contributed by atoms with E-state index < -0.39 is 6.10 Å². The first-order valence-corrected chi connectivity index (χ1v) is 11.9. The molecule has 1 aliphatic heterocycles. The highest BCUT2D eigenvalue weighted by atomic mass is 16.5. The smallest absolute Gasteiger partial charge is 0.0900 e. The van der Waals surface area contributed by atoms with E-state index in [9.17, 15) is 5.11 Å². The normalized spacial score (nSPS) is 16.3. The van der Waals surface area contributed by atoms with Crippen LogP contribution in [-0.4, -0.2) is 49.0 Å². The van der Waals surface area contributed by atoms with Crippen molar-refractivity contribution in [3.63, 3.8) is 0 Å². The second-order valence-corrected chi connectivity index (χ2v) is 9.00. The quantitative estimate of drug-likeness (QED) is 0.484. The van der Waals surface area contributed by atoms with E-state index >= 15 is 0 Å². The number of benzene rings is 3. The number of likely N-dealkylation sites (tertiary alicyclic amines) is 1. The summed E-state index contributed by atoms with van der Waals surface area (Å²) in [5.74, 6) is 0.929. The van der Waals surface area contributed by atoms with E-state index in [0.717, 1.165) is 19.0 Å². The number of rotatable bonds is 10. The number of hydrogen-bond donors (Lipinski definition) is 1. The predicted molar refractivity (Wildman–Crippen MR) is 131 cm³/mol. The number of aliphatic hydroxyl groups is 1. The third-order valence-corrected chi connectivity index (χ3v) is 6.54. The van der Waals surface area contributed by atoms with Crippen LogP contribution >= 0.6 is 0 Å². The van der Waals surface area contributed by atoms with Crippen molar-refractivity contribution in [2.75, 3.05) is 32.8 Å². The largest absolute Gasteiger partial charge is 0.389 e. The summed E-state index contributed by atoms with van der Waals surface area (Å²) >= 11 is 0. The van der Waals surface area contributed by atoms with E-state index in [2.05, 4.69) is 83.8 Å². The van der Waals surface area contributed by atoms with Gasteiger partial charge in [-0.25, -0.2) is 0 Å². The minimum atomic E-state index is -0.451. The summed E-state index contributed by atoms with van der Waals surface area (Å²) in [5, 5.41) is 10.6. The summed E-state index contributed by atoms with van der Waals surface area (Å²) in [6.07, 6.45) is 3.12. The zero-order chi connectivity index (χ0) is 22.0. The van der Waals surface area contributed by atoms with Gasteiger partial charge >= 0.3 is 0 Å². The highest BCUT2D eigenvalue weighted by molar-refractivity contribution is 5.32. The minimum absolute atomic E-state index is 0.179. The number of aliphatic hydroxyl groups excluding tert-OH is 1. The molecule has 1 heterocycles. The molecule has 0 bridgehead atoms. The molecule has 1 fully saturated rings. The molecule has 3 heteroatoms. The third kappa shape index (κ3) is 6.77. The van der Waals surface area contributed by atoms with Crippen LogP contribution in [0.4, 0.5) is 0 Å². The van der Waals surface area contributed by atoms with Crippen LogP contribution in [0.2, 0.25) is 0 Å². The average molecular weight is 430 g/mol. The fourth-order valence-electron chi connectivity index (χ4n) is 4.75. The lowest BCUT2D eigenvalue weighted by molar-refractivity contribution is 0.00863. The molecule has 3 aromatic carbocycles. The molecule has 1 atom stereocenters. The Kier molecular flexibility index (Phi) is 8.49. The fraction of sp³-hybridized carbons (Fsp3) is 0.379. The van der Waals surface area contributed by atoms with E-state index in [-0.39, 0.29) is 5.92 Å². The lowest BCUT2D eigenvalue weighted by Crippen LogP contribution is -2.40. The molecule has 0 aliphatic carbocycles. The molecule has 3 aromatic rings. The predicted octanol–water partition coefficient (Wildman–Crippen LogP) is 5.15. The Labute approximate surface area is 192 Å². The van der Waals surface area contributed by atoms with E-state index in [1.807, 2.05) is 12.1 Å². The van der Waals surface area contributed by atoms with Crippen molar-refractivity contribution in [3.05, 3.63) is 108 Å². The van der Waals surface area contributed by atoms with Gasteiger partial charge in [-0.15, -0.1) is 0 Å². The number of ether oxygens (including phenoxy) is 1. The molecular weight excluding hydrogens is 394 g/mol. The number of piperidine rings is 1. The van der Waals surface area contributed by atoms with Crippen LogP contribution < -0.4 is 0 Å². The number of β-amino-alcohol motifs (C(OH)–C–C–N with tert-alkyl or cyclic N) is 1. The lowest BCUT2D eigenvalue weighted by Gasteiger charge is -2.33. The molecule has 0 spiro atoms.